The van der Waals surface area contributed by atoms with Crippen molar-refractivity contribution in [3.05, 3.63) is 11.6 Å². The SMILES string of the molecule is C/C(=C\CCO[P+](=O)O)CO. The highest BCUT2D eigenvalue weighted by Gasteiger charge is 2.09. The van der Waals surface area contributed by atoms with Gasteiger partial charge in [0.2, 0.25) is 0 Å². The molecule has 1 unspecified atom stereocenters. The molecule has 0 aromatic carbocycles. The van der Waals surface area contributed by atoms with Gasteiger partial charge < -0.3 is 5.11 Å². The van der Waals surface area contributed by atoms with Crippen LogP contribution in [-0.2, 0) is 9.09 Å². The molecule has 0 aromatic heterocycles. The highest BCUT2D eigenvalue weighted by atomic mass is 31.1. The van der Waals surface area contributed by atoms with E-state index in [1.165, 1.54) is 0 Å². The second kappa shape index (κ2) is 6.43. The van der Waals surface area contributed by atoms with Crippen molar-refractivity contribution in [3.8, 4) is 0 Å². The predicted molar refractivity (Wildman–Crippen MR) is 41.2 cm³/mol. The molecule has 0 saturated carbocycles. The lowest BCUT2D eigenvalue weighted by Gasteiger charge is -1.91. The van der Waals surface area contributed by atoms with E-state index in [4.69, 9.17) is 10.00 Å². The van der Waals surface area contributed by atoms with Crippen molar-refractivity contribution in [2.75, 3.05) is 13.2 Å². The molecule has 1 atom stereocenters. The maximum absolute atomic E-state index is 9.97. The monoisotopic (exact) mass is 179 g/mol. The van der Waals surface area contributed by atoms with E-state index in [9.17, 15) is 4.57 Å². The van der Waals surface area contributed by atoms with Crippen LogP contribution in [0, 0.1) is 0 Å². The minimum Gasteiger partial charge on any atom is -0.392 e. The van der Waals surface area contributed by atoms with Gasteiger partial charge in [-0.15, -0.1) is 9.42 Å². The van der Waals surface area contributed by atoms with Crippen LogP contribution in [0.15, 0.2) is 11.6 Å². The van der Waals surface area contributed by atoms with Crippen molar-refractivity contribution in [3.63, 3.8) is 0 Å². The summed E-state index contributed by atoms with van der Waals surface area (Å²) in [6, 6.07) is 0. The van der Waals surface area contributed by atoms with Crippen molar-refractivity contribution >= 4 is 8.25 Å². The topological polar surface area (TPSA) is 66.8 Å². The van der Waals surface area contributed by atoms with E-state index < -0.39 is 8.25 Å². The molecule has 4 nitrogen and oxygen atoms in total. The fourth-order valence-corrected chi connectivity index (χ4v) is 0.762. The van der Waals surface area contributed by atoms with Crippen LogP contribution in [0.1, 0.15) is 13.3 Å². The standard InChI is InChI=1S/C6H11O4P/c1-6(5-7)3-2-4-10-11(8)9/h3,7H,2,4-5H2,1H3/p+1/b6-3+. The van der Waals surface area contributed by atoms with E-state index in [1.807, 2.05) is 0 Å². The second-order valence-corrected chi connectivity index (χ2v) is 2.80. The molecule has 0 radical (unpaired) electrons. The molecule has 64 valence electrons. The maximum atomic E-state index is 9.97. The van der Waals surface area contributed by atoms with E-state index in [0.717, 1.165) is 5.57 Å². The zero-order valence-electron chi connectivity index (χ0n) is 6.36. The summed E-state index contributed by atoms with van der Waals surface area (Å²) in [7, 11) is -2.48. The van der Waals surface area contributed by atoms with Gasteiger partial charge in [0.25, 0.3) is 0 Å². The first kappa shape index (κ1) is 10.7. The number of rotatable bonds is 5. The van der Waals surface area contributed by atoms with Crippen molar-refractivity contribution in [1.29, 1.82) is 0 Å². The van der Waals surface area contributed by atoms with Crippen LogP contribution in [0.5, 0.6) is 0 Å². The molecule has 0 heterocycles. The first-order valence-electron chi connectivity index (χ1n) is 3.22. The Balaban J connectivity index is 3.33. The summed E-state index contributed by atoms with van der Waals surface area (Å²) in [4.78, 5) is 8.19. The molecule has 0 aliphatic carbocycles. The lowest BCUT2D eigenvalue weighted by molar-refractivity contribution is 0.286. The zero-order valence-corrected chi connectivity index (χ0v) is 7.25. The Labute approximate surface area is 66.5 Å². The van der Waals surface area contributed by atoms with Gasteiger partial charge in [0, 0.05) is 4.57 Å². The predicted octanol–water partition coefficient (Wildman–Crippen LogP) is 0.981. The maximum Gasteiger partial charge on any atom is 0.694 e. The zero-order chi connectivity index (χ0) is 8.69. The molecule has 0 aliphatic heterocycles. The molecule has 0 saturated heterocycles. The minimum absolute atomic E-state index is 0.0191. The summed E-state index contributed by atoms with van der Waals surface area (Å²) in [6.45, 7) is 2.01. The van der Waals surface area contributed by atoms with Gasteiger partial charge in [-0.25, -0.2) is 0 Å². The van der Waals surface area contributed by atoms with Crippen LogP contribution in [-0.4, -0.2) is 23.2 Å². The Morgan fingerprint density at radius 3 is 2.82 bits per heavy atom. The summed E-state index contributed by atoms with van der Waals surface area (Å²) < 4.78 is 14.3. The van der Waals surface area contributed by atoms with Crippen molar-refractivity contribution in [2.24, 2.45) is 0 Å². The van der Waals surface area contributed by atoms with Gasteiger partial charge in [0.15, 0.2) is 0 Å². The van der Waals surface area contributed by atoms with Crippen LogP contribution < -0.4 is 0 Å². The van der Waals surface area contributed by atoms with Gasteiger partial charge in [-0.3, -0.25) is 0 Å². The lowest BCUT2D eigenvalue weighted by atomic mass is 10.2. The molecule has 0 amide bonds. The number of hydrogen-bond acceptors (Lipinski definition) is 3. The fourth-order valence-electron chi connectivity index (χ4n) is 0.501. The van der Waals surface area contributed by atoms with Gasteiger partial charge in [-0.1, -0.05) is 11.6 Å². The third kappa shape index (κ3) is 7.62. The van der Waals surface area contributed by atoms with Gasteiger partial charge in [-0.05, 0) is 13.3 Å². The van der Waals surface area contributed by atoms with Crippen molar-refractivity contribution in [1.82, 2.24) is 0 Å². The van der Waals surface area contributed by atoms with Gasteiger partial charge in [0.05, 0.1) is 6.61 Å². The van der Waals surface area contributed by atoms with Crippen LogP contribution in [0.2, 0.25) is 0 Å². The molecular formula is C6H12O4P+. The molecule has 0 aromatic rings. The summed E-state index contributed by atoms with van der Waals surface area (Å²) >= 11 is 0. The Morgan fingerprint density at radius 2 is 2.36 bits per heavy atom. The van der Waals surface area contributed by atoms with E-state index in [-0.39, 0.29) is 13.2 Å². The Kier molecular flexibility index (Phi) is 6.27. The van der Waals surface area contributed by atoms with Gasteiger partial charge in [0.1, 0.15) is 6.61 Å². The number of aliphatic hydroxyl groups is 1. The van der Waals surface area contributed by atoms with Gasteiger partial charge in [-0.2, -0.15) is 0 Å². The van der Waals surface area contributed by atoms with Crippen LogP contribution in [0.3, 0.4) is 0 Å². The fraction of sp³-hybridized carbons (Fsp3) is 0.667. The highest BCUT2D eigenvalue weighted by molar-refractivity contribution is 7.32. The quantitative estimate of drug-likeness (QED) is 0.375. The smallest absolute Gasteiger partial charge is 0.392 e. The molecule has 0 spiro atoms. The summed E-state index contributed by atoms with van der Waals surface area (Å²) in [5.74, 6) is 0. The normalized spacial score (nSPS) is 13.4. The Morgan fingerprint density at radius 1 is 1.73 bits per heavy atom. The largest absolute Gasteiger partial charge is 0.694 e. The summed E-state index contributed by atoms with van der Waals surface area (Å²) in [5.41, 5.74) is 0.835. The average Bonchev–Trinajstić information content (AvgIpc) is 1.97. The third-order valence-corrected chi connectivity index (χ3v) is 1.47. The molecule has 0 aliphatic rings. The number of aliphatic hydroxyl groups excluding tert-OH is 1. The summed E-state index contributed by atoms with van der Waals surface area (Å²) in [5, 5.41) is 8.53. The molecule has 0 rings (SSSR count). The van der Waals surface area contributed by atoms with Crippen LogP contribution in [0.25, 0.3) is 0 Å². The number of hydrogen-bond donors (Lipinski definition) is 2. The van der Waals surface area contributed by atoms with E-state index in [0.29, 0.717) is 6.42 Å². The lowest BCUT2D eigenvalue weighted by Crippen LogP contribution is -1.87. The summed E-state index contributed by atoms with van der Waals surface area (Å²) in [6.07, 6.45) is 2.31. The van der Waals surface area contributed by atoms with Crippen molar-refractivity contribution < 1.29 is 19.1 Å². The van der Waals surface area contributed by atoms with Crippen LogP contribution >= 0.6 is 8.25 Å². The minimum atomic E-state index is -2.48. The Hall–Kier alpha value is -0.280. The van der Waals surface area contributed by atoms with Gasteiger partial charge >= 0.3 is 8.25 Å². The first-order valence-corrected chi connectivity index (χ1v) is 4.35. The molecular weight excluding hydrogens is 167 g/mol. The van der Waals surface area contributed by atoms with Crippen LogP contribution in [0.4, 0.5) is 0 Å². The second-order valence-electron chi connectivity index (χ2n) is 2.07. The molecule has 0 fully saturated rings. The highest BCUT2D eigenvalue weighted by Crippen LogP contribution is 2.14. The van der Waals surface area contributed by atoms with Crippen molar-refractivity contribution in [2.45, 2.75) is 13.3 Å². The molecule has 2 N–H and O–H groups in total. The van der Waals surface area contributed by atoms with E-state index in [1.54, 1.807) is 13.0 Å². The average molecular weight is 179 g/mol. The molecule has 0 bridgehead atoms. The Bertz CT molecular complexity index is 155. The van der Waals surface area contributed by atoms with E-state index >= 15 is 0 Å². The third-order valence-electron chi connectivity index (χ3n) is 1.06. The molecule has 5 heteroatoms. The van der Waals surface area contributed by atoms with E-state index in [2.05, 4.69) is 4.52 Å². The molecule has 11 heavy (non-hydrogen) atoms. The first-order chi connectivity index (χ1) is 5.16.